The van der Waals surface area contributed by atoms with Crippen LogP contribution < -0.4 is 10.2 Å². The fourth-order valence-electron chi connectivity index (χ4n) is 4.86. The second-order valence-corrected chi connectivity index (χ2v) is 8.89. The summed E-state index contributed by atoms with van der Waals surface area (Å²) in [6, 6.07) is 0.352. The number of carbonyl (C=O) groups is 1. The molecule has 6 nitrogen and oxygen atoms in total. The van der Waals surface area contributed by atoms with Gasteiger partial charge in [0.05, 0.1) is 11.3 Å². The van der Waals surface area contributed by atoms with Crippen LogP contribution in [0.25, 0.3) is 11.1 Å². The monoisotopic (exact) mass is 398 g/mol. The molecule has 2 aromatic heterocycles. The average Bonchev–Trinajstić information content (AvgIpc) is 2.96. The molecular weight excluding hydrogens is 364 g/mol. The first-order valence-corrected chi connectivity index (χ1v) is 11.3. The first-order chi connectivity index (χ1) is 14.0. The standard InChI is InChI=1S/C23H34N4O2/c1-15-16(2)29-23-20(15)21(24-17(3)25-23)27-13-9-10-18(14-27)22(28)26-19-11-7-5-4-6-8-12-19/h18-19H,4-14H2,1-3H3,(H,26,28)/t18-/m1/s1. The first-order valence-electron chi connectivity index (χ1n) is 11.3. The highest BCUT2D eigenvalue weighted by Gasteiger charge is 2.30. The zero-order valence-corrected chi connectivity index (χ0v) is 18.1. The molecule has 1 aliphatic carbocycles. The van der Waals surface area contributed by atoms with Crippen molar-refractivity contribution in [3.63, 3.8) is 0 Å². The Kier molecular flexibility index (Phi) is 6.07. The van der Waals surface area contributed by atoms with E-state index in [1.54, 1.807) is 0 Å². The van der Waals surface area contributed by atoms with Gasteiger partial charge in [0.25, 0.3) is 0 Å². The molecule has 3 heterocycles. The van der Waals surface area contributed by atoms with Gasteiger partial charge in [-0.1, -0.05) is 32.1 Å². The van der Waals surface area contributed by atoms with Crippen LogP contribution in [-0.2, 0) is 4.79 Å². The van der Waals surface area contributed by atoms with Crippen molar-refractivity contribution >= 4 is 22.8 Å². The smallest absolute Gasteiger partial charge is 0.231 e. The van der Waals surface area contributed by atoms with Gasteiger partial charge >= 0.3 is 0 Å². The minimum atomic E-state index is 0.0211. The Bertz CT molecular complexity index is 867. The van der Waals surface area contributed by atoms with Gasteiger partial charge in [0.1, 0.15) is 17.4 Å². The molecule has 2 aromatic rings. The summed E-state index contributed by atoms with van der Waals surface area (Å²) in [5.74, 6) is 2.76. The van der Waals surface area contributed by atoms with Gasteiger partial charge in [-0.3, -0.25) is 4.79 Å². The van der Waals surface area contributed by atoms with Crippen molar-refractivity contribution in [2.24, 2.45) is 5.92 Å². The number of rotatable bonds is 3. The van der Waals surface area contributed by atoms with Crippen molar-refractivity contribution in [2.75, 3.05) is 18.0 Å². The van der Waals surface area contributed by atoms with E-state index in [4.69, 9.17) is 9.40 Å². The van der Waals surface area contributed by atoms with Gasteiger partial charge in [-0.25, -0.2) is 4.98 Å². The average molecular weight is 399 g/mol. The Morgan fingerprint density at radius 2 is 1.72 bits per heavy atom. The van der Waals surface area contributed by atoms with Crippen LogP contribution in [0.2, 0.25) is 0 Å². The van der Waals surface area contributed by atoms with E-state index in [9.17, 15) is 4.79 Å². The maximum atomic E-state index is 13.1. The Morgan fingerprint density at radius 1 is 1.00 bits per heavy atom. The second kappa shape index (κ2) is 8.72. The van der Waals surface area contributed by atoms with E-state index < -0.39 is 0 Å². The first kappa shape index (κ1) is 20.2. The molecule has 1 amide bonds. The van der Waals surface area contributed by atoms with Crippen LogP contribution in [0.15, 0.2) is 4.42 Å². The van der Waals surface area contributed by atoms with Crippen molar-refractivity contribution in [2.45, 2.75) is 84.6 Å². The molecule has 1 atom stereocenters. The number of carbonyl (C=O) groups excluding carboxylic acids is 1. The van der Waals surface area contributed by atoms with Crippen molar-refractivity contribution in [3.8, 4) is 0 Å². The summed E-state index contributed by atoms with van der Waals surface area (Å²) in [7, 11) is 0. The normalized spacial score (nSPS) is 21.8. The Balaban J connectivity index is 1.50. The van der Waals surface area contributed by atoms with E-state index in [-0.39, 0.29) is 11.8 Å². The maximum absolute atomic E-state index is 13.1. The van der Waals surface area contributed by atoms with Crippen LogP contribution in [0.1, 0.15) is 74.9 Å². The summed E-state index contributed by atoms with van der Waals surface area (Å²) in [4.78, 5) is 24.6. The lowest BCUT2D eigenvalue weighted by molar-refractivity contribution is -0.126. The molecule has 158 valence electrons. The van der Waals surface area contributed by atoms with Crippen LogP contribution >= 0.6 is 0 Å². The number of nitrogens with zero attached hydrogens (tertiary/aromatic N) is 3. The van der Waals surface area contributed by atoms with E-state index in [1.807, 2.05) is 13.8 Å². The number of furan rings is 1. The zero-order valence-electron chi connectivity index (χ0n) is 18.1. The SMILES string of the molecule is Cc1nc(N2CCC[C@@H](C(=O)NC3CCCCCCC3)C2)c2c(C)c(C)oc2n1. The second-order valence-electron chi connectivity index (χ2n) is 8.89. The Labute approximate surface area is 173 Å². The number of hydrogen-bond donors (Lipinski definition) is 1. The van der Waals surface area contributed by atoms with Gasteiger partial charge in [-0.15, -0.1) is 0 Å². The molecule has 0 bridgehead atoms. The third kappa shape index (κ3) is 4.41. The molecule has 0 spiro atoms. The number of amides is 1. The van der Waals surface area contributed by atoms with Crippen LogP contribution in [0.4, 0.5) is 5.82 Å². The summed E-state index contributed by atoms with van der Waals surface area (Å²) in [6.07, 6.45) is 10.6. The summed E-state index contributed by atoms with van der Waals surface area (Å²) in [5, 5.41) is 4.37. The van der Waals surface area contributed by atoms with Gasteiger partial charge in [0.15, 0.2) is 0 Å². The quantitative estimate of drug-likeness (QED) is 0.818. The molecule has 0 radical (unpaired) electrons. The number of hydrogen-bond acceptors (Lipinski definition) is 5. The van der Waals surface area contributed by atoms with Crippen molar-refractivity contribution < 1.29 is 9.21 Å². The molecule has 1 saturated heterocycles. The Morgan fingerprint density at radius 3 is 2.48 bits per heavy atom. The van der Waals surface area contributed by atoms with Gasteiger partial charge in [-0.05, 0) is 46.5 Å². The molecule has 1 N–H and O–H groups in total. The summed E-state index contributed by atoms with van der Waals surface area (Å²) in [5.41, 5.74) is 1.75. The fourth-order valence-corrected chi connectivity index (χ4v) is 4.86. The van der Waals surface area contributed by atoms with Crippen LogP contribution in [0.5, 0.6) is 0 Å². The van der Waals surface area contributed by atoms with E-state index >= 15 is 0 Å². The maximum Gasteiger partial charge on any atom is 0.231 e. The lowest BCUT2D eigenvalue weighted by Gasteiger charge is -2.34. The molecule has 1 saturated carbocycles. The van der Waals surface area contributed by atoms with Gasteiger partial charge in [0, 0.05) is 24.7 Å². The Hall–Kier alpha value is -2.11. The zero-order chi connectivity index (χ0) is 20.4. The minimum absolute atomic E-state index is 0.0211. The molecule has 6 heteroatoms. The van der Waals surface area contributed by atoms with Gasteiger partial charge in [0.2, 0.25) is 11.6 Å². The molecule has 29 heavy (non-hydrogen) atoms. The molecule has 0 unspecified atom stereocenters. The van der Waals surface area contributed by atoms with Crippen molar-refractivity contribution in [1.82, 2.24) is 15.3 Å². The highest BCUT2D eigenvalue weighted by molar-refractivity contribution is 5.90. The highest BCUT2D eigenvalue weighted by Crippen LogP contribution is 2.33. The molecule has 2 aliphatic rings. The molecule has 1 aliphatic heterocycles. The summed E-state index contributed by atoms with van der Waals surface area (Å²) >= 11 is 0. The van der Waals surface area contributed by atoms with E-state index in [1.165, 1.54) is 32.1 Å². The number of anilines is 1. The topological polar surface area (TPSA) is 71.3 Å². The number of piperidine rings is 1. The molecule has 2 fully saturated rings. The van der Waals surface area contributed by atoms with E-state index in [2.05, 4.69) is 22.1 Å². The number of fused-ring (bicyclic) bond motifs is 1. The molecule has 4 rings (SSSR count). The van der Waals surface area contributed by atoms with Crippen molar-refractivity contribution in [3.05, 3.63) is 17.1 Å². The fraction of sp³-hybridized carbons (Fsp3) is 0.696. The lowest BCUT2D eigenvalue weighted by atomic mass is 9.93. The van der Waals surface area contributed by atoms with Crippen LogP contribution in [-0.4, -0.2) is 35.0 Å². The number of aryl methyl sites for hydroxylation is 3. The lowest BCUT2D eigenvalue weighted by Crippen LogP contribution is -2.46. The predicted molar refractivity (Wildman–Crippen MR) is 115 cm³/mol. The molecule has 0 aromatic carbocycles. The predicted octanol–water partition coefficient (Wildman–Crippen LogP) is 4.59. The van der Waals surface area contributed by atoms with E-state index in [0.717, 1.165) is 54.8 Å². The third-order valence-electron chi connectivity index (χ3n) is 6.66. The molecular formula is C23H34N4O2. The van der Waals surface area contributed by atoms with Gasteiger partial charge in [-0.2, -0.15) is 4.98 Å². The largest absolute Gasteiger partial charge is 0.443 e. The third-order valence-corrected chi connectivity index (χ3v) is 6.66. The van der Waals surface area contributed by atoms with Crippen LogP contribution in [0.3, 0.4) is 0 Å². The minimum Gasteiger partial charge on any atom is -0.443 e. The van der Waals surface area contributed by atoms with Crippen LogP contribution in [0, 0.1) is 26.7 Å². The number of nitrogens with one attached hydrogen (secondary N) is 1. The summed E-state index contributed by atoms with van der Waals surface area (Å²) < 4.78 is 5.85. The highest BCUT2D eigenvalue weighted by atomic mass is 16.3. The number of aromatic nitrogens is 2. The van der Waals surface area contributed by atoms with Crippen molar-refractivity contribution in [1.29, 1.82) is 0 Å². The van der Waals surface area contributed by atoms with E-state index in [0.29, 0.717) is 24.1 Å². The summed E-state index contributed by atoms with van der Waals surface area (Å²) in [6.45, 7) is 7.57. The van der Waals surface area contributed by atoms with Gasteiger partial charge < -0.3 is 14.6 Å².